The highest BCUT2D eigenvalue weighted by atomic mass is 19.1. The van der Waals surface area contributed by atoms with Crippen molar-refractivity contribution in [1.82, 2.24) is 0 Å². The molecule has 0 fully saturated rings. The number of nitrogens with two attached hydrogens (primary N) is 1. The predicted molar refractivity (Wildman–Crippen MR) is 69.7 cm³/mol. The highest BCUT2D eigenvalue weighted by molar-refractivity contribution is 5.53. The van der Waals surface area contributed by atoms with Crippen LogP contribution in [0.15, 0.2) is 18.2 Å². The first-order valence-corrected chi connectivity index (χ1v) is 6.42. The van der Waals surface area contributed by atoms with Crippen LogP contribution in [0, 0.1) is 5.82 Å². The van der Waals surface area contributed by atoms with E-state index in [2.05, 4.69) is 6.92 Å². The lowest BCUT2D eigenvalue weighted by Gasteiger charge is -2.08. The van der Waals surface area contributed by atoms with E-state index in [4.69, 9.17) is 10.5 Å². The number of nitrogen functional groups attached to an aromatic ring is 1. The highest BCUT2D eigenvalue weighted by Crippen LogP contribution is 2.23. The van der Waals surface area contributed by atoms with E-state index in [-0.39, 0.29) is 5.69 Å². The molecular formula is C14H22FNO. The van der Waals surface area contributed by atoms with E-state index in [9.17, 15) is 4.39 Å². The molecule has 0 aromatic heterocycles. The van der Waals surface area contributed by atoms with Crippen molar-refractivity contribution in [2.24, 2.45) is 0 Å². The Labute approximate surface area is 103 Å². The van der Waals surface area contributed by atoms with Gasteiger partial charge in [-0.2, -0.15) is 0 Å². The average Bonchev–Trinajstić information content (AvgIpc) is 2.33. The van der Waals surface area contributed by atoms with Crippen LogP contribution in [0.5, 0.6) is 5.75 Å². The van der Waals surface area contributed by atoms with E-state index in [1.807, 2.05) is 0 Å². The number of rotatable bonds is 8. The van der Waals surface area contributed by atoms with Crippen molar-refractivity contribution in [1.29, 1.82) is 0 Å². The highest BCUT2D eigenvalue weighted by Gasteiger charge is 2.04. The van der Waals surface area contributed by atoms with Crippen LogP contribution >= 0.6 is 0 Å². The fraction of sp³-hybridized carbons (Fsp3) is 0.571. The van der Waals surface area contributed by atoms with Crippen molar-refractivity contribution in [3.05, 3.63) is 24.0 Å². The van der Waals surface area contributed by atoms with E-state index < -0.39 is 5.82 Å². The van der Waals surface area contributed by atoms with Crippen LogP contribution in [0.3, 0.4) is 0 Å². The monoisotopic (exact) mass is 239 g/mol. The summed E-state index contributed by atoms with van der Waals surface area (Å²) in [4.78, 5) is 0. The maximum Gasteiger partial charge on any atom is 0.149 e. The normalized spacial score (nSPS) is 10.5. The summed E-state index contributed by atoms with van der Waals surface area (Å²) in [5, 5.41) is 0. The smallest absolute Gasteiger partial charge is 0.149 e. The van der Waals surface area contributed by atoms with Crippen molar-refractivity contribution in [2.75, 3.05) is 12.3 Å². The second-order valence-corrected chi connectivity index (χ2v) is 4.27. The summed E-state index contributed by atoms with van der Waals surface area (Å²) in [7, 11) is 0. The van der Waals surface area contributed by atoms with E-state index >= 15 is 0 Å². The van der Waals surface area contributed by atoms with Gasteiger partial charge in [0.25, 0.3) is 0 Å². The van der Waals surface area contributed by atoms with Gasteiger partial charge >= 0.3 is 0 Å². The number of hydrogen-bond donors (Lipinski definition) is 1. The minimum atomic E-state index is -0.412. The maximum atomic E-state index is 13.1. The van der Waals surface area contributed by atoms with Crippen LogP contribution in [-0.4, -0.2) is 6.61 Å². The fourth-order valence-corrected chi connectivity index (χ4v) is 1.71. The van der Waals surface area contributed by atoms with Crippen molar-refractivity contribution in [3.8, 4) is 5.75 Å². The molecule has 17 heavy (non-hydrogen) atoms. The Morgan fingerprint density at radius 1 is 1.12 bits per heavy atom. The lowest BCUT2D eigenvalue weighted by molar-refractivity contribution is 0.305. The lowest BCUT2D eigenvalue weighted by atomic mass is 10.1. The predicted octanol–water partition coefficient (Wildman–Crippen LogP) is 4.15. The Kier molecular flexibility index (Phi) is 6.45. The topological polar surface area (TPSA) is 35.2 Å². The zero-order chi connectivity index (χ0) is 12.5. The number of unbranched alkanes of at least 4 members (excludes halogenated alkanes) is 5. The van der Waals surface area contributed by atoms with E-state index in [0.717, 1.165) is 12.8 Å². The van der Waals surface area contributed by atoms with Gasteiger partial charge < -0.3 is 10.5 Å². The van der Waals surface area contributed by atoms with Gasteiger partial charge in [0.05, 0.1) is 6.61 Å². The molecular weight excluding hydrogens is 217 g/mol. The first-order valence-electron chi connectivity index (χ1n) is 6.42. The quantitative estimate of drug-likeness (QED) is 0.546. The van der Waals surface area contributed by atoms with Crippen LogP contribution in [0.2, 0.25) is 0 Å². The van der Waals surface area contributed by atoms with Crippen molar-refractivity contribution >= 4 is 5.69 Å². The molecule has 0 radical (unpaired) electrons. The molecule has 0 atom stereocenters. The number of anilines is 1. The lowest BCUT2D eigenvalue weighted by Crippen LogP contribution is -2.01. The molecule has 2 nitrogen and oxygen atoms in total. The molecule has 0 bridgehead atoms. The molecule has 0 saturated heterocycles. The summed E-state index contributed by atoms with van der Waals surface area (Å²) < 4.78 is 18.5. The van der Waals surface area contributed by atoms with Gasteiger partial charge in [-0.15, -0.1) is 0 Å². The van der Waals surface area contributed by atoms with E-state index in [0.29, 0.717) is 12.4 Å². The second-order valence-electron chi connectivity index (χ2n) is 4.27. The second kappa shape index (κ2) is 7.93. The van der Waals surface area contributed by atoms with Gasteiger partial charge in [0.2, 0.25) is 0 Å². The summed E-state index contributed by atoms with van der Waals surface area (Å²) in [6.07, 6.45) is 7.26. The molecule has 0 unspecified atom stereocenters. The summed E-state index contributed by atoms with van der Waals surface area (Å²) in [6.45, 7) is 2.82. The SMILES string of the molecule is CCCCCCCCOc1cccc(F)c1N. The minimum absolute atomic E-state index is 0.110. The Hall–Kier alpha value is -1.25. The van der Waals surface area contributed by atoms with Gasteiger partial charge in [0.15, 0.2) is 0 Å². The van der Waals surface area contributed by atoms with Crippen molar-refractivity contribution in [2.45, 2.75) is 45.4 Å². The van der Waals surface area contributed by atoms with E-state index in [1.165, 1.54) is 31.7 Å². The number of ether oxygens (including phenoxy) is 1. The zero-order valence-corrected chi connectivity index (χ0v) is 10.5. The summed E-state index contributed by atoms with van der Waals surface area (Å²) in [5.74, 6) is 0.0454. The van der Waals surface area contributed by atoms with Gasteiger partial charge in [-0.3, -0.25) is 0 Å². The van der Waals surface area contributed by atoms with Gasteiger partial charge in [0, 0.05) is 0 Å². The van der Waals surface area contributed by atoms with Crippen molar-refractivity contribution in [3.63, 3.8) is 0 Å². The molecule has 1 rings (SSSR count). The van der Waals surface area contributed by atoms with Crippen LogP contribution in [0.1, 0.15) is 45.4 Å². The third-order valence-corrected chi connectivity index (χ3v) is 2.77. The van der Waals surface area contributed by atoms with Crippen LogP contribution < -0.4 is 10.5 Å². The molecule has 0 saturated carbocycles. The summed E-state index contributed by atoms with van der Waals surface area (Å²) in [6, 6.07) is 4.66. The standard InChI is InChI=1S/C14H22FNO/c1-2-3-4-5-6-7-11-17-13-10-8-9-12(15)14(13)16/h8-10H,2-7,11,16H2,1H3. The van der Waals surface area contributed by atoms with Crippen LogP contribution in [0.25, 0.3) is 0 Å². The molecule has 3 heteroatoms. The van der Waals surface area contributed by atoms with Crippen molar-refractivity contribution < 1.29 is 9.13 Å². The Morgan fingerprint density at radius 2 is 1.82 bits per heavy atom. The maximum absolute atomic E-state index is 13.1. The first kappa shape index (κ1) is 13.8. The molecule has 2 N–H and O–H groups in total. The number of para-hydroxylation sites is 1. The van der Waals surface area contributed by atoms with Crippen LogP contribution in [0.4, 0.5) is 10.1 Å². The Morgan fingerprint density at radius 3 is 2.59 bits per heavy atom. The summed E-state index contributed by atoms with van der Waals surface area (Å²) >= 11 is 0. The Bertz CT molecular complexity index is 328. The molecule has 0 heterocycles. The molecule has 0 amide bonds. The Balaban J connectivity index is 2.16. The van der Waals surface area contributed by atoms with Gasteiger partial charge in [0.1, 0.15) is 17.3 Å². The number of halogens is 1. The molecule has 0 spiro atoms. The van der Waals surface area contributed by atoms with Crippen LogP contribution in [-0.2, 0) is 0 Å². The molecule has 0 aliphatic heterocycles. The summed E-state index contributed by atoms with van der Waals surface area (Å²) in [5.41, 5.74) is 5.67. The van der Waals surface area contributed by atoms with Gasteiger partial charge in [-0.05, 0) is 18.6 Å². The molecule has 1 aromatic carbocycles. The molecule has 1 aromatic rings. The average molecular weight is 239 g/mol. The van der Waals surface area contributed by atoms with Gasteiger partial charge in [-0.1, -0.05) is 45.1 Å². The molecule has 0 aliphatic carbocycles. The minimum Gasteiger partial charge on any atom is -0.491 e. The third-order valence-electron chi connectivity index (χ3n) is 2.77. The zero-order valence-electron chi connectivity index (χ0n) is 10.5. The fourth-order valence-electron chi connectivity index (χ4n) is 1.71. The largest absolute Gasteiger partial charge is 0.491 e. The number of hydrogen-bond acceptors (Lipinski definition) is 2. The number of benzene rings is 1. The molecule has 96 valence electrons. The first-order chi connectivity index (χ1) is 8.25. The third kappa shape index (κ3) is 5.07. The molecule has 0 aliphatic rings. The van der Waals surface area contributed by atoms with Gasteiger partial charge in [-0.25, -0.2) is 4.39 Å². The van der Waals surface area contributed by atoms with E-state index in [1.54, 1.807) is 12.1 Å².